The van der Waals surface area contributed by atoms with Gasteiger partial charge in [-0.05, 0) is 36.5 Å². The third-order valence-electron chi connectivity index (χ3n) is 5.21. The van der Waals surface area contributed by atoms with E-state index in [2.05, 4.69) is 0 Å². The SMILES string of the molecule is CCCc1cc(=O)oc2cc(OCC(=O)N(CC(C)C)[C@H]3CCS(=O)(=O)C3)ccc12. The van der Waals surface area contributed by atoms with Crippen LogP contribution in [0.15, 0.2) is 33.5 Å². The molecule has 7 nitrogen and oxygen atoms in total. The number of hydrogen-bond donors (Lipinski definition) is 0. The maximum atomic E-state index is 12.8. The number of aryl methyl sites for hydroxylation is 1. The van der Waals surface area contributed by atoms with Gasteiger partial charge < -0.3 is 14.1 Å². The fourth-order valence-electron chi connectivity index (χ4n) is 3.87. The summed E-state index contributed by atoms with van der Waals surface area (Å²) in [4.78, 5) is 26.3. The Kier molecular flexibility index (Phi) is 6.85. The van der Waals surface area contributed by atoms with Crippen molar-refractivity contribution in [1.29, 1.82) is 0 Å². The van der Waals surface area contributed by atoms with Gasteiger partial charge in [0.05, 0.1) is 11.5 Å². The minimum absolute atomic E-state index is 0.00674. The molecule has 0 bridgehead atoms. The van der Waals surface area contributed by atoms with Crippen LogP contribution >= 0.6 is 0 Å². The maximum absolute atomic E-state index is 12.8. The Hall–Kier alpha value is -2.35. The lowest BCUT2D eigenvalue weighted by Crippen LogP contribution is -2.45. The highest BCUT2D eigenvalue weighted by atomic mass is 32.2. The summed E-state index contributed by atoms with van der Waals surface area (Å²) in [6.07, 6.45) is 2.14. The average Bonchev–Trinajstić information content (AvgIpc) is 3.03. The van der Waals surface area contributed by atoms with Gasteiger partial charge in [0, 0.05) is 30.1 Å². The molecule has 30 heavy (non-hydrogen) atoms. The van der Waals surface area contributed by atoms with E-state index >= 15 is 0 Å². The summed E-state index contributed by atoms with van der Waals surface area (Å²) >= 11 is 0. The van der Waals surface area contributed by atoms with Crippen LogP contribution in [0, 0.1) is 5.92 Å². The van der Waals surface area contributed by atoms with Crippen molar-refractivity contribution in [1.82, 2.24) is 4.90 Å². The van der Waals surface area contributed by atoms with E-state index < -0.39 is 15.5 Å². The Morgan fingerprint density at radius 1 is 1.30 bits per heavy atom. The molecule has 0 saturated carbocycles. The highest BCUT2D eigenvalue weighted by Gasteiger charge is 2.35. The first kappa shape index (κ1) is 22.3. The van der Waals surface area contributed by atoms with Gasteiger partial charge in [-0.2, -0.15) is 0 Å². The van der Waals surface area contributed by atoms with Crippen LogP contribution in [-0.2, 0) is 21.1 Å². The van der Waals surface area contributed by atoms with Crippen molar-refractivity contribution in [2.75, 3.05) is 24.7 Å². The number of amides is 1. The van der Waals surface area contributed by atoms with Crippen molar-refractivity contribution in [2.45, 2.75) is 46.1 Å². The molecule has 1 fully saturated rings. The molecule has 0 N–H and O–H groups in total. The summed E-state index contributed by atoms with van der Waals surface area (Å²) in [5, 5.41) is 0.854. The van der Waals surface area contributed by atoms with Crippen molar-refractivity contribution in [3.05, 3.63) is 40.2 Å². The monoisotopic (exact) mass is 435 g/mol. The molecule has 0 radical (unpaired) electrons. The van der Waals surface area contributed by atoms with E-state index in [1.807, 2.05) is 26.8 Å². The lowest BCUT2D eigenvalue weighted by atomic mass is 10.1. The third-order valence-corrected chi connectivity index (χ3v) is 6.97. The number of rotatable bonds is 8. The van der Waals surface area contributed by atoms with Crippen molar-refractivity contribution in [3.63, 3.8) is 0 Å². The first-order valence-corrected chi connectivity index (χ1v) is 12.2. The molecule has 2 aromatic rings. The molecule has 1 atom stereocenters. The van der Waals surface area contributed by atoms with Crippen LogP contribution in [0.5, 0.6) is 5.75 Å². The fraction of sp³-hybridized carbons (Fsp3) is 0.545. The quantitative estimate of drug-likeness (QED) is 0.592. The summed E-state index contributed by atoms with van der Waals surface area (Å²) in [7, 11) is -3.09. The van der Waals surface area contributed by atoms with Gasteiger partial charge in [0.15, 0.2) is 16.4 Å². The van der Waals surface area contributed by atoms with Gasteiger partial charge in [-0.15, -0.1) is 0 Å². The van der Waals surface area contributed by atoms with Gasteiger partial charge in [-0.1, -0.05) is 27.2 Å². The molecule has 3 rings (SSSR count). The molecule has 0 spiro atoms. The van der Waals surface area contributed by atoms with Crippen LogP contribution in [0.1, 0.15) is 39.2 Å². The normalized spacial score (nSPS) is 18.1. The van der Waals surface area contributed by atoms with Crippen LogP contribution in [-0.4, -0.2) is 49.9 Å². The fourth-order valence-corrected chi connectivity index (χ4v) is 5.60. The topological polar surface area (TPSA) is 93.9 Å². The summed E-state index contributed by atoms with van der Waals surface area (Å²) in [5.41, 5.74) is 0.943. The highest BCUT2D eigenvalue weighted by Crippen LogP contribution is 2.24. The third kappa shape index (κ3) is 5.41. The largest absolute Gasteiger partial charge is 0.484 e. The molecule has 1 saturated heterocycles. The summed E-state index contributed by atoms with van der Waals surface area (Å²) in [6.45, 7) is 6.30. The van der Waals surface area contributed by atoms with Gasteiger partial charge in [0.25, 0.3) is 5.91 Å². The molecule has 2 heterocycles. The van der Waals surface area contributed by atoms with Crippen molar-refractivity contribution in [3.8, 4) is 5.75 Å². The first-order valence-electron chi connectivity index (χ1n) is 10.4. The zero-order valence-corrected chi connectivity index (χ0v) is 18.5. The molecule has 164 valence electrons. The van der Waals surface area contributed by atoms with Gasteiger partial charge in [0.2, 0.25) is 0 Å². The molecule has 1 aromatic carbocycles. The Labute approximate surface area is 176 Å². The van der Waals surface area contributed by atoms with E-state index in [1.54, 1.807) is 17.0 Å². The molecule has 1 amide bonds. The minimum Gasteiger partial charge on any atom is -0.484 e. The summed E-state index contributed by atoms with van der Waals surface area (Å²) in [6, 6.07) is 6.41. The van der Waals surface area contributed by atoms with Crippen LogP contribution < -0.4 is 10.4 Å². The second-order valence-corrected chi connectivity index (χ2v) is 10.5. The lowest BCUT2D eigenvalue weighted by molar-refractivity contribution is -0.135. The molecule has 1 aliphatic heterocycles. The maximum Gasteiger partial charge on any atom is 0.336 e. The zero-order valence-electron chi connectivity index (χ0n) is 17.7. The summed E-state index contributed by atoms with van der Waals surface area (Å²) < 4.78 is 34.7. The zero-order chi connectivity index (χ0) is 21.9. The smallest absolute Gasteiger partial charge is 0.336 e. The Morgan fingerprint density at radius 3 is 2.70 bits per heavy atom. The van der Waals surface area contributed by atoms with Crippen LogP contribution in [0.3, 0.4) is 0 Å². The number of benzene rings is 1. The molecular weight excluding hydrogens is 406 g/mol. The van der Waals surface area contributed by atoms with Crippen molar-refractivity contribution in [2.24, 2.45) is 5.92 Å². The van der Waals surface area contributed by atoms with Crippen LogP contribution in [0.25, 0.3) is 11.0 Å². The highest BCUT2D eigenvalue weighted by molar-refractivity contribution is 7.91. The van der Waals surface area contributed by atoms with E-state index in [9.17, 15) is 18.0 Å². The Morgan fingerprint density at radius 2 is 2.07 bits per heavy atom. The Balaban J connectivity index is 1.74. The van der Waals surface area contributed by atoms with Crippen LogP contribution in [0.2, 0.25) is 0 Å². The number of ether oxygens (including phenoxy) is 1. The number of hydrogen-bond acceptors (Lipinski definition) is 6. The van der Waals surface area contributed by atoms with E-state index in [-0.39, 0.29) is 36.0 Å². The first-order chi connectivity index (χ1) is 14.2. The second-order valence-electron chi connectivity index (χ2n) is 8.28. The molecule has 1 aromatic heterocycles. The van der Waals surface area contributed by atoms with Gasteiger partial charge in [-0.25, -0.2) is 13.2 Å². The number of fused-ring (bicyclic) bond motifs is 1. The molecule has 8 heteroatoms. The number of carbonyl (C=O) groups is 1. The lowest BCUT2D eigenvalue weighted by Gasteiger charge is -2.29. The molecule has 1 aliphatic rings. The van der Waals surface area contributed by atoms with Crippen molar-refractivity contribution >= 4 is 26.7 Å². The Bertz CT molecular complexity index is 1070. The van der Waals surface area contributed by atoms with E-state index in [4.69, 9.17) is 9.15 Å². The van der Waals surface area contributed by atoms with E-state index in [1.165, 1.54) is 6.07 Å². The number of carbonyl (C=O) groups excluding carboxylic acids is 1. The second kappa shape index (κ2) is 9.20. The minimum atomic E-state index is -3.09. The van der Waals surface area contributed by atoms with Gasteiger partial charge >= 0.3 is 5.63 Å². The van der Waals surface area contributed by atoms with E-state index in [0.717, 1.165) is 23.8 Å². The van der Waals surface area contributed by atoms with Gasteiger partial charge in [-0.3, -0.25) is 4.79 Å². The molecule has 0 unspecified atom stereocenters. The van der Waals surface area contributed by atoms with Gasteiger partial charge in [0.1, 0.15) is 11.3 Å². The predicted molar refractivity (Wildman–Crippen MR) is 116 cm³/mol. The number of nitrogens with zero attached hydrogens (tertiary/aromatic N) is 1. The van der Waals surface area contributed by atoms with Crippen LogP contribution in [0.4, 0.5) is 0 Å². The van der Waals surface area contributed by atoms with E-state index in [0.29, 0.717) is 24.3 Å². The standard InChI is InChI=1S/C22H29NO6S/c1-4-5-16-10-22(25)29-20-11-18(6-7-19(16)20)28-13-21(24)23(12-15(2)3)17-8-9-30(26,27)14-17/h6-7,10-11,15,17H,4-5,8-9,12-14H2,1-3H3/t17-/m0/s1. The predicted octanol–water partition coefficient (Wildman–Crippen LogP) is 2.80. The summed E-state index contributed by atoms with van der Waals surface area (Å²) in [5.74, 6) is 0.518. The number of sulfone groups is 1. The molecule has 0 aliphatic carbocycles. The van der Waals surface area contributed by atoms with Crippen molar-refractivity contribution < 1.29 is 22.4 Å². The average molecular weight is 436 g/mol. The molecular formula is C22H29NO6S.